The van der Waals surface area contributed by atoms with Gasteiger partial charge in [-0.05, 0) is 9.91 Å². The van der Waals surface area contributed by atoms with Gasteiger partial charge in [0.05, 0.1) is 0 Å². The van der Waals surface area contributed by atoms with Gasteiger partial charge in [-0.25, -0.2) is 8.42 Å². The van der Waals surface area contributed by atoms with Crippen molar-refractivity contribution in [3.63, 3.8) is 0 Å². The zero-order valence-electron chi connectivity index (χ0n) is 9.57. The lowest BCUT2D eigenvalue weighted by atomic mass is 10.3. The SMILES string of the molecule is O=[N+]([O-])c1nc(C(F)(F)F)c(OC(F)(F)F)cc1S(=O)(=O)Cl. The van der Waals surface area contributed by atoms with Gasteiger partial charge in [-0.2, -0.15) is 13.2 Å². The molecule has 124 valence electrons. The average Bonchev–Trinajstić information content (AvgIpc) is 2.22. The van der Waals surface area contributed by atoms with Crippen LogP contribution in [0.2, 0.25) is 0 Å². The van der Waals surface area contributed by atoms with Crippen molar-refractivity contribution >= 4 is 25.6 Å². The molecule has 0 radical (unpaired) electrons. The average molecular weight is 375 g/mol. The molecule has 0 aliphatic heterocycles. The van der Waals surface area contributed by atoms with Crippen molar-refractivity contribution in [2.24, 2.45) is 0 Å². The minimum atomic E-state index is -5.63. The van der Waals surface area contributed by atoms with Gasteiger partial charge in [0, 0.05) is 16.7 Å². The van der Waals surface area contributed by atoms with Gasteiger partial charge in [0.25, 0.3) is 14.7 Å². The summed E-state index contributed by atoms with van der Waals surface area (Å²) in [7, 11) is -0.338. The zero-order chi connectivity index (χ0) is 17.5. The van der Waals surface area contributed by atoms with Crippen LogP contribution in [0.25, 0.3) is 0 Å². The molecule has 0 atom stereocenters. The first-order valence-electron chi connectivity index (χ1n) is 4.60. The first kappa shape index (κ1) is 18.2. The molecule has 15 heteroatoms. The Hall–Kier alpha value is -1.83. The fourth-order valence-corrected chi connectivity index (χ4v) is 2.11. The molecule has 0 unspecified atom stereocenters. The predicted molar refractivity (Wildman–Crippen MR) is 55.6 cm³/mol. The number of nitro groups is 1. The third kappa shape index (κ3) is 4.33. The van der Waals surface area contributed by atoms with Crippen LogP contribution in [0, 0.1) is 10.1 Å². The summed E-state index contributed by atoms with van der Waals surface area (Å²) in [6, 6.07) is -0.371. The molecular weight excluding hydrogens is 374 g/mol. The van der Waals surface area contributed by atoms with Crippen LogP contribution in [0.1, 0.15) is 5.69 Å². The van der Waals surface area contributed by atoms with Crippen molar-refractivity contribution in [2.45, 2.75) is 17.4 Å². The summed E-state index contributed by atoms with van der Waals surface area (Å²) in [5, 5.41) is 10.5. The number of nitrogens with zero attached hydrogens (tertiary/aromatic N) is 2. The van der Waals surface area contributed by atoms with Gasteiger partial charge in [-0.1, -0.05) is 0 Å². The van der Waals surface area contributed by atoms with Crippen LogP contribution in [-0.4, -0.2) is 24.7 Å². The Balaban J connectivity index is 3.78. The van der Waals surface area contributed by atoms with Crippen molar-refractivity contribution < 1.29 is 44.4 Å². The second-order valence-corrected chi connectivity index (χ2v) is 5.93. The summed E-state index contributed by atoms with van der Waals surface area (Å²) in [6.07, 6.45) is -11.2. The van der Waals surface area contributed by atoms with Crippen LogP contribution in [-0.2, 0) is 15.2 Å². The molecule has 1 aromatic heterocycles. The smallest absolute Gasteiger partial charge is 0.401 e. The van der Waals surface area contributed by atoms with E-state index >= 15 is 0 Å². The number of ether oxygens (including phenoxy) is 1. The van der Waals surface area contributed by atoms with Crippen LogP contribution in [0.5, 0.6) is 5.75 Å². The zero-order valence-corrected chi connectivity index (χ0v) is 11.1. The molecule has 0 saturated heterocycles. The molecular formula is C7HClF6N2O5S. The molecule has 22 heavy (non-hydrogen) atoms. The van der Waals surface area contributed by atoms with Crippen molar-refractivity contribution in [2.75, 3.05) is 0 Å². The van der Waals surface area contributed by atoms with Gasteiger partial charge < -0.3 is 14.9 Å². The number of rotatable bonds is 3. The lowest BCUT2D eigenvalue weighted by molar-refractivity contribution is -0.393. The van der Waals surface area contributed by atoms with Gasteiger partial charge in [0.2, 0.25) is 0 Å². The Morgan fingerprint density at radius 3 is 2.05 bits per heavy atom. The van der Waals surface area contributed by atoms with E-state index in [2.05, 4.69) is 9.72 Å². The number of pyridine rings is 1. The molecule has 1 rings (SSSR count). The highest BCUT2D eigenvalue weighted by molar-refractivity contribution is 8.13. The molecule has 0 saturated carbocycles. The van der Waals surface area contributed by atoms with Crippen LogP contribution >= 0.6 is 10.7 Å². The standard InChI is InChI=1S/C7HClF6N2O5S/c8-22(19,20)3-1-2(21-7(12,13)14)4(6(9,10)11)15-5(3)16(17)18/h1H. The lowest BCUT2D eigenvalue weighted by Crippen LogP contribution is -2.22. The van der Waals surface area contributed by atoms with Gasteiger partial charge in [-0.3, -0.25) is 0 Å². The topological polar surface area (TPSA) is 99.4 Å². The molecule has 0 N–H and O–H groups in total. The summed E-state index contributed by atoms with van der Waals surface area (Å²) in [5.74, 6) is -3.98. The van der Waals surface area contributed by atoms with E-state index in [0.29, 0.717) is 0 Å². The first-order valence-corrected chi connectivity index (χ1v) is 6.91. The molecule has 0 aliphatic rings. The van der Waals surface area contributed by atoms with Crippen LogP contribution < -0.4 is 4.74 Å². The Bertz CT molecular complexity index is 715. The normalized spacial score (nSPS) is 13.0. The van der Waals surface area contributed by atoms with Crippen LogP contribution in [0.15, 0.2) is 11.0 Å². The van der Waals surface area contributed by atoms with Gasteiger partial charge >= 0.3 is 18.4 Å². The number of alkyl halides is 6. The van der Waals surface area contributed by atoms with E-state index in [4.69, 9.17) is 10.7 Å². The highest BCUT2D eigenvalue weighted by atomic mass is 35.7. The Labute approximate surface area is 121 Å². The van der Waals surface area contributed by atoms with Gasteiger partial charge in [0.15, 0.2) is 10.6 Å². The van der Waals surface area contributed by atoms with E-state index < -0.39 is 48.7 Å². The minimum Gasteiger partial charge on any atom is -0.401 e. The molecule has 0 bridgehead atoms. The largest absolute Gasteiger partial charge is 0.573 e. The lowest BCUT2D eigenvalue weighted by Gasteiger charge is -2.12. The second-order valence-electron chi connectivity index (χ2n) is 3.40. The van der Waals surface area contributed by atoms with E-state index in [1.807, 2.05) is 0 Å². The number of aromatic nitrogens is 1. The van der Waals surface area contributed by atoms with Crippen LogP contribution in [0.3, 0.4) is 0 Å². The maximum absolute atomic E-state index is 12.6. The molecule has 1 aromatic rings. The molecule has 7 nitrogen and oxygen atoms in total. The molecule has 0 fully saturated rings. The molecule has 0 aliphatic carbocycles. The Morgan fingerprint density at radius 2 is 1.73 bits per heavy atom. The summed E-state index contributed by atoms with van der Waals surface area (Å²) in [5.41, 5.74) is -2.43. The van der Waals surface area contributed by atoms with Crippen molar-refractivity contribution in [1.29, 1.82) is 0 Å². The van der Waals surface area contributed by atoms with E-state index in [0.717, 1.165) is 0 Å². The molecule has 0 amide bonds. The van der Waals surface area contributed by atoms with Gasteiger partial charge in [-0.15, -0.1) is 13.2 Å². The first-order chi connectivity index (χ1) is 9.63. The maximum Gasteiger partial charge on any atom is 0.573 e. The third-order valence-corrected chi connectivity index (χ3v) is 3.19. The minimum absolute atomic E-state index is 0.371. The monoisotopic (exact) mass is 374 g/mol. The molecule has 1 heterocycles. The van der Waals surface area contributed by atoms with Crippen molar-refractivity contribution in [3.05, 3.63) is 21.9 Å². The number of hydrogen-bond donors (Lipinski definition) is 0. The van der Waals surface area contributed by atoms with Crippen molar-refractivity contribution in [1.82, 2.24) is 4.98 Å². The Morgan fingerprint density at radius 1 is 1.23 bits per heavy atom. The summed E-state index contributed by atoms with van der Waals surface area (Å²) >= 11 is 0. The fraction of sp³-hybridized carbons (Fsp3) is 0.286. The predicted octanol–water partition coefficient (Wildman–Crippen LogP) is 2.83. The number of hydrogen-bond acceptors (Lipinski definition) is 6. The Kier molecular flexibility index (Phi) is 4.49. The number of halogens is 7. The van der Waals surface area contributed by atoms with E-state index in [1.165, 1.54) is 0 Å². The summed E-state index contributed by atoms with van der Waals surface area (Å²) in [6.45, 7) is 0. The van der Waals surface area contributed by atoms with Crippen molar-refractivity contribution in [3.8, 4) is 5.75 Å². The highest BCUT2D eigenvalue weighted by Crippen LogP contribution is 2.41. The molecule has 0 spiro atoms. The van der Waals surface area contributed by atoms with Gasteiger partial charge in [0.1, 0.15) is 0 Å². The second kappa shape index (κ2) is 5.42. The fourth-order valence-electron chi connectivity index (χ4n) is 1.18. The highest BCUT2D eigenvalue weighted by Gasteiger charge is 2.47. The summed E-state index contributed by atoms with van der Waals surface area (Å²) in [4.78, 5) is 9.49. The quantitative estimate of drug-likeness (QED) is 0.349. The maximum atomic E-state index is 12.6. The molecule has 0 aromatic carbocycles. The third-order valence-electron chi connectivity index (χ3n) is 1.86. The van der Waals surface area contributed by atoms with E-state index in [9.17, 15) is 44.9 Å². The van der Waals surface area contributed by atoms with E-state index in [1.54, 1.807) is 0 Å². The van der Waals surface area contributed by atoms with Crippen LogP contribution in [0.4, 0.5) is 32.2 Å². The summed E-state index contributed by atoms with van der Waals surface area (Å²) < 4.78 is 99.0. The van der Waals surface area contributed by atoms with E-state index in [-0.39, 0.29) is 6.07 Å².